The van der Waals surface area contributed by atoms with Gasteiger partial charge in [0.2, 0.25) is 0 Å². The Morgan fingerprint density at radius 1 is 1.17 bits per heavy atom. The molecule has 9 nitrogen and oxygen atoms in total. The van der Waals surface area contributed by atoms with Crippen LogP contribution >= 0.6 is 7.82 Å². The zero-order valence-electron chi connectivity index (χ0n) is 15.6. The number of quaternary nitrogens is 1. The average Bonchev–Trinajstić information content (AvgIpc) is 2.42. The summed E-state index contributed by atoms with van der Waals surface area (Å²) in [5.41, 5.74) is 4.91. The fraction of sp³-hybridized carbons (Fsp3) is 0.857. The lowest BCUT2D eigenvalue weighted by Crippen LogP contribution is -2.63. The third-order valence-electron chi connectivity index (χ3n) is 2.43. The fourth-order valence-corrected chi connectivity index (χ4v) is 2.34. The topological polar surface area (TPSA) is 120 Å². The molecule has 0 amide bonds. The lowest BCUT2D eigenvalue weighted by atomic mass is 10.3. The van der Waals surface area contributed by atoms with Crippen LogP contribution in [0.4, 0.5) is 0 Å². The third-order valence-corrected chi connectivity index (χ3v) is 2.93. The Hall–Kier alpha value is -0.350. The van der Waals surface area contributed by atoms with E-state index in [1.807, 2.05) is 0 Å². The summed E-state index contributed by atoms with van der Waals surface area (Å²) in [7, 11) is 0.530. The Kier molecular flexibility index (Phi) is 13.0. The number of hydrogen-bond donors (Lipinski definition) is 3. The van der Waals surface area contributed by atoms with E-state index in [9.17, 15) is 4.57 Å². The van der Waals surface area contributed by atoms with Crippen LogP contribution in [-0.4, -0.2) is 74.0 Å². The van der Waals surface area contributed by atoms with Crippen molar-refractivity contribution >= 4 is 7.82 Å². The highest BCUT2D eigenvalue weighted by Crippen LogP contribution is 2.45. The van der Waals surface area contributed by atoms with Crippen LogP contribution in [0.15, 0.2) is 12.7 Å². The number of rotatable bonds is 11. The van der Waals surface area contributed by atoms with Gasteiger partial charge in [0.1, 0.15) is 0 Å². The van der Waals surface area contributed by atoms with Crippen molar-refractivity contribution in [3.8, 4) is 0 Å². The Morgan fingerprint density at radius 2 is 1.58 bits per heavy atom. The second-order valence-corrected chi connectivity index (χ2v) is 6.66. The molecule has 0 aliphatic carbocycles. The molecule has 0 aliphatic heterocycles. The quantitative estimate of drug-likeness (QED) is 0.212. The van der Waals surface area contributed by atoms with Gasteiger partial charge in [0.15, 0.2) is 0 Å². The Bertz CT molecular complexity index is 376. The summed E-state index contributed by atoms with van der Waals surface area (Å²) in [6, 6.07) is 0. The molecule has 0 rings (SSSR count). The van der Waals surface area contributed by atoms with Crippen LogP contribution in [0.5, 0.6) is 0 Å². The summed E-state index contributed by atoms with van der Waals surface area (Å²) >= 11 is 0. The van der Waals surface area contributed by atoms with Gasteiger partial charge in [0.05, 0.1) is 27.7 Å². The molecule has 0 spiro atoms. The first kappa shape index (κ1) is 25.9. The molecule has 0 aromatic rings. The second kappa shape index (κ2) is 12.1. The Morgan fingerprint density at radius 3 is 1.79 bits per heavy atom. The van der Waals surface area contributed by atoms with Gasteiger partial charge in [-0.2, -0.15) is 0 Å². The Labute approximate surface area is 145 Å². The van der Waals surface area contributed by atoms with E-state index >= 15 is 0 Å². The first-order valence-electron chi connectivity index (χ1n) is 7.71. The molecule has 10 heteroatoms. The number of ether oxygens (including phenoxy) is 3. The highest BCUT2D eigenvalue weighted by atomic mass is 31.2. The van der Waals surface area contributed by atoms with E-state index in [0.717, 1.165) is 0 Å². The molecule has 0 saturated carbocycles. The van der Waals surface area contributed by atoms with E-state index in [0.29, 0.717) is 13.2 Å². The second-order valence-electron chi connectivity index (χ2n) is 5.50. The van der Waals surface area contributed by atoms with Crippen LogP contribution in [-0.2, 0) is 23.3 Å². The lowest BCUT2D eigenvalue weighted by Gasteiger charge is -2.43. The van der Waals surface area contributed by atoms with E-state index in [4.69, 9.17) is 34.3 Å². The minimum atomic E-state index is -4.83. The molecule has 0 heterocycles. The van der Waals surface area contributed by atoms with Crippen LogP contribution in [0, 0.1) is 0 Å². The summed E-state index contributed by atoms with van der Waals surface area (Å²) in [6.07, 6.45) is 0.778. The molecule has 1 unspecified atom stereocenters. The van der Waals surface area contributed by atoms with Crippen LogP contribution in [0.25, 0.3) is 0 Å². The molecule has 4 N–H and O–H groups in total. The smallest absolute Gasteiger partial charge is 0.327 e. The van der Waals surface area contributed by atoms with Gasteiger partial charge in [-0.15, -0.1) is 6.58 Å². The molecule has 24 heavy (non-hydrogen) atoms. The van der Waals surface area contributed by atoms with Gasteiger partial charge < -0.3 is 29.7 Å². The summed E-state index contributed by atoms with van der Waals surface area (Å²) in [5.74, 6) is -1.98. The highest BCUT2D eigenvalue weighted by Gasteiger charge is 2.55. The van der Waals surface area contributed by atoms with Crippen LogP contribution < -0.4 is 5.73 Å². The third kappa shape index (κ3) is 10.5. The van der Waals surface area contributed by atoms with Crippen LogP contribution in [0.2, 0.25) is 0 Å². The van der Waals surface area contributed by atoms with Gasteiger partial charge in [0.25, 0.3) is 6.23 Å². The predicted molar refractivity (Wildman–Crippen MR) is 91.8 cm³/mol. The van der Waals surface area contributed by atoms with Crippen molar-refractivity contribution in [2.45, 2.75) is 33.0 Å². The monoisotopic (exact) mass is 373 g/mol. The first-order chi connectivity index (χ1) is 10.9. The minimum Gasteiger partial charge on any atom is -0.327 e. The van der Waals surface area contributed by atoms with Crippen molar-refractivity contribution in [2.24, 2.45) is 5.73 Å². The van der Waals surface area contributed by atoms with E-state index in [1.165, 1.54) is 0 Å². The minimum absolute atomic E-state index is 0.142. The van der Waals surface area contributed by atoms with E-state index < -0.39 is 20.0 Å². The van der Waals surface area contributed by atoms with Gasteiger partial charge in [0, 0.05) is 19.8 Å². The van der Waals surface area contributed by atoms with Crippen molar-refractivity contribution in [2.75, 3.05) is 47.5 Å². The zero-order valence-corrected chi connectivity index (χ0v) is 16.5. The largest absolute Gasteiger partial charge is 0.474 e. The summed E-state index contributed by atoms with van der Waals surface area (Å²) in [4.78, 5) is 18.3. The van der Waals surface area contributed by atoms with Gasteiger partial charge in [-0.05, 0) is 20.8 Å². The molecule has 0 bridgehead atoms. The summed E-state index contributed by atoms with van der Waals surface area (Å²) in [6.45, 7) is 9.65. The van der Waals surface area contributed by atoms with Crippen molar-refractivity contribution in [1.82, 2.24) is 0 Å². The van der Waals surface area contributed by atoms with E-state index in [2.05, 4.69) is 6.58 Å². The number of nitrogens with zero attached hydrogens (tertiary/aromatic N) is 1. The molecular weight excluding hydrogens is 339 g/mol. The summed E-state index contributed by atoms with van der Waals surface area (Å²) < 4.78 is 32.7. The number of nitrogens with two attached hydrogens (primary N) is 1. The molecule has 0 aromatic heterocycles. The normalized spacial score (nSPS) is 13.9. The molecule has 0 radical (unpaired) electrons. The SMILES string of the molecule is C=CCN.CCOC(C(OCC)(OCC)OP(=O)(O)O)[N+](C)(C)C. The van der Waals surface area contributed by atoms with E-state index in [-0.39, 0.29) is 17.7 Å². The molecular formula is C14H34N2O7P+. The maximum Gasteiger partial charge on any atom is 0.474 e. The van der Waals surface area contributed by atoms with Crippen molar-refractivity contribution in [3.63, 3.8) is 0 Å². The fourth-order valence-electron chi connectivity index (χ4n) is 1.81. The van der Waals surface area contributed by atoms with Gasteiger partial charge in [-0.1, -0.05) is 6.08 Å². The maximum absolute atomic E-state index is 11.3. The predicted octanol–water partition coefficient (Wildman–Crippen LogP) is 1.02. The number of phosphoric acid groups is 1. The molecule has 1 atom stereocenters. The van der Waals surface area contributed by atoms with Gasteiger partial charge in [-0.3, -0.25) is 4.48 Å². The van der Waals surface area contributed by atoms with Crippen LogP contribution in [0.1, 0.15) is 20.8 Å². The lowest BCUT2D eigenvalue weighted by molar-refractivity contribution is -0.938. The summed E-state index contributed by atoms with van der Waals surface area (Å²) in [5, 5.41) is 0. The molecule has 0 aliphatic rings. The number of likely N-dealkylation sites (N-methyl/N-ethyl adjacent to an activating group) is 1. The van der Waals surface area contributed by atoms with Crippen molar-refractivity contribution in [3.05, 3.63) is 12.7 Å². The zero-order chi connectivity index (χ0) is 19.4. The van der Waals surface area contributed by atoms with E-state index in [1.54, 1.807) is 48.0 Å². The standard InChI is InChI=1S/C11H26NO7P.C3H7N/c1-7-16-10(12(4,5)6)11(17-8-2,18-9-3)19-20(13,14)15;1-2-3-4/h10H,7-9H2,1-6H3,(H-,13,14,15);2H,1,3-4H2/p+1. The van der Waals surface area contributed by atoms with Crippen molar-refractivity contribution < 1.29 is 37.6 Å². The number of hydrogen-bond acceptors (Lipinski definition) is 6. The average molecular weight is 373 g/mol. The first-order valence-corrected chi connectivity index (χ1v) is 9.24. The Balaban J connectivity index is 0. The van der Waals surface area contributed by atoms with Gasteiger partial charge >= 0.3 is 13.8 Å². The number of phosphoric ester groups is 1. The van der Waals surface area contributed by atoms with Crippen molar-refractivity contribution in [1.29, 1.82) is 0 Å². The molecule has 0 saturated heterocycles. The molecule has 0 aromatic carbocycles. The van der Waals surface area contributed by atoms with Gasteiger partial charge in [-0.25, -0.2) is 9.09 Å². The molecule has 146 valence electrons. The highest BCUT2D eigenvalue weighted by molar-refractivity contribution is 7.46. The molecule has 0 fully saturated rings. The van der Waals surface area contributed by atoms with Crippen LogP contribution in [0.3, 0.4) is 0 Å². The maximum atomic E-state index is 11.3.